The summed E-state index contributed by atoms with van der Waals surface area (Å²) in [6, 6.07) is 0.333. The Hall–Kier alpha value is -0.940. The molecule has 18 heavy (non-hydrogen) atoms. The second-order valence-electron chi connectivity index (χ2n) is 5.93. The van der Waals surface area contributed by atoms with Crippen LogP contribution in [-0.4, -0.2) is 41.9 Å². The lowest BCUT2D eigenvalue weighted by atomic mass is 9.78. The predicted octanol–water partition coefficient (Wildman–Crippen LogP) is 0.313. The van der Waals surface area contributed by atoms with Gasteiger partial charge in [0.1, 0.15) is 0 Å². The maximum absolute atomic E-state index is 12.2. The van der Waals surface area contributed by atoms with E-state index < -0.39 is 0 Å². The summed E-state index contributed by atoms with van der Waals surface area (Å²) < 4.78 is 0. The van der Waals surface area contributed by atoms with Crippen LogP contribution in [0.4, 0.5) is 0 Å². The zero-order valence-corrected chi connectivity index (χ0v) is 11.6. The number of ketones is 1. The lowest BCUT2D eigenvalue weighted by Gasteiger charge is -2.39. The van der Waals surface area contributed by atoms with Gasteiger partial charge in [0.05, 0.1) is 12.0 Å². The largest absolute Gasteiger partial charge is 0.352 e. The van der Waals surface area contributed by atoms with Gasteiger partial charge in [-0.05, 0) is 19.3 Å². The van der Waals surface area contributed by atoms with E-state index in [4.69, 9.17) is 0 Å². The summed E-state index contributed by atoms with van der Waals surface area (Å²) in [4.78, 5) is 23.6. The third-order valence-electron chi connectivity index (χ3n) is 4.19. The van der Waals surface area contributed by atoms with Gasteiger partial charge in [-0.3, -0.25) is 9.59 Å². The highest BCUT2D eigenvalue weighted by Crippen LogP contribution is 2.27. The Kier molecular flexibility index (Phi) is 3.73. The molecule has 2 fully saturated rings. The van der Waals surface area contributed by atoms with Crippen molar-refractivity contribution in [1.29, 1.82) is 0 Å². The maximum Gasteiger partial charge on any atom is 0.225 e. The lowest BCUT2D eigenvalue weighted by Crippen LogP contribution is -2.61. The zero-order valence-electron chi connectivity index (χ0n) is 11.6. The standard InChI is InChI=1S/C13H23N3O2/c1-7(2)12-10(14-13(12)18)6-11(17)9-5-8(3)16(4)15-9/h7-10,12,15H,5-6H2,1-4H3,(H,14,18)/t8?,9?,10-,12-/m1/s1. The molecule has 2 N–H and O–H groups in total. The van der Waals surface area contributed by atoms with Crippen molar-refractivity contribution in [3.05, 3.63) is 0 Å². The molecule has 2 unspecified atom stereocenters. The second-order valence-corrected chi connectivity index (χ2v) is 5.93. The van der Waals surface area contributed by atoms with Gasteiger partial charge in [0, 0.05) is 25.6 Å². The van der Waals surface area contributed by atoms with Crippen LogP contribution >= 0.6 is 0 Å². The SMILES string of the molecule is CC(C)[C@H]1C(=O)N[C@@H]1CC(=O)C1CC(C)N(C)N1. The van der Waals surface area contributed by atoms with Crippen LogP contribution in [0.1, 0.15) is 33.6 Å². The lowest BCUT2D eigenvalue weighted by molar-refractivity contribution is -0.139. The molecule has 5 heteroatoms. The summed E-state index contributed by atoms with van der Waals surface area (Å²) >= 11 is 0. The Morgan fingerprint density at radius 3 is 2.61 bits per heavy atom. The van der Waals surface area contributed by atoms with Gasteiger partial charge in [-0.1, -0.05) is 13.8 Å². The van der Waals surface area contributed by atoms with Crippen LogP contribution in [0.2, 0.25) is 0 Å². The summed E-state index contributed by atoms with van der Waals surface area (Å²) in [6.07, 6.45) is 1.30. The fourth-order valence-corrected chi connectivity index (χ4v) is 2.89. The molecule has 0 radical (unpaired) electrons. The van der Waals surface area contributed by atoms with Gasteiger partial charge in [0.2, 0.25) is 5.91 Å². The van der Waals surface area contributed by atoms with E-state index in [1.165, 1.54) is 0 Å². The number of nitrogens with zero attached hydrogens (tertiary/aromatic N) is 1. The van der Waals surface area contributed by atoms with E-state index in [9.17, 15) is 9.59 Å². The minimum absolute atomic E-state index is 0.00510. The summed E-state index contributed by atoms with van der Waals surface area (Å²) in [6.45, 7) is 6.16. The molecule has 2 aliphatic rings. The Balaban J connectivity index is 1.87. The van der Waals surface area contributed by atoms with Crippen LogP contribution in [0.15, 0.2) is 0 Å². The van der Waals surface area contributed by atoms with Gasteiger partial charge in [-0.2, -0.15) is 0 Å². The van der Waals surface area contributed by atoms with E-state index >= 15 is 0 Å². The van der Waals surface area contributed by atoms with Crippen LogP contribution in [0.3, 0.4) is 0 Å². The Labute approximate surface area is 108 Å². The van der Waals surface area contributed by atoms with Gasteiger partial charge in [-0.15, -0.1) is 0 Å². The van der Waals surface area contributed by atoms with Crippen molar-refractivity contribution < 1.29 is 9.59 Å². The molecule has 0 saturated carbocycles. The van der Waals surface area contributed by atoms with Crippen molar-refractivity contribution in [2.75, 3.05) is 7.05 Å². The van der Waals surface area contributed by atoms with Gasteiger partial charge >= 0.3 is 0 Å². The van der Waals surface area contributed by atoms with E-state index in [0.29, 0.717) is 18.4 Å². The van der Waals surface area contributed by atoms with Crippen molar-refractivity contribution in [2.45, 2.75) is 51.7 Å². The van der Waals surface area contributed by atoms with E-state index in [1.807, 2.05) is 25.9 Å². The van der Waals surface area contributed by atoms with Crippen molar-refractivity contribution in [3.8, 4) is 0 Å². The highest BCUT2D eigenvalue weighted by atomic mass is 16.2. The van der Waals surface area contributed by atoms with Gasteiger partial charge < -0.3 is 5.32 Å². The summed E-state index contributed by atoms with van der Waals surface area (Å²) in [5.41, 5.74) is 3.18. The first-order chi connectivity index (χ1) is 8.40. The van der Waals surface area contributed by atoms with E-state index in [-0.39, 0.29) is 29.7 Å². The summed E-state index contributed by atoms with van der Waals surface area (Å²) in [7, 11) is 1.96. The second kappa shape index (κ2) is 4.97. The minimum atomic E-state index is -0.0877. The number of β-lactam (4-membered cyclic amide) rings is 1. The number of hydrazine groups is 1. The molecular formula is C13H23N3O2. The average molecular weight is 253 g/mol. The molecule has 4 atom stereocenters. The molecule has 2 rings (SSSR count). The van der Waals surface area contributed by atoms with Crippen molar-refractivity contribution in [3.63, 3.8) is 0 Å². The first-order valence-corrected chi connectivity index (χ1v) is 6.72. The topological polar surface area (TPSA) is 61.4 Å². The molecule has 5 nitrogen and oxygen atoms in total. The predicted molar refractivity (Wildman–Crippen MR) is 68.6 cm³/mol. The van der Waals surface area contributed by atoms with Crippen molar-refractivity contribution in [2.24, 2.45) is 11.8 Å². The van der Waals surface area contributed by atoms with E-state index in [0.717, 1.165) is 6.42 Å². The smallest absolute Gasteiger partial charge is 0.225 e. The monoisotopic (exact) mass is 253 g/mol. The highest BCUT2D eigenvalue weighted by molar-refractivity contribution is 5.91. The molecule has 1 amide bonds. The average Bonchev–Trinajstić information content (AvgIpc) is 2.57. The van der Waals surface area contributed by atoms with E-state index in [1.54, 1.807) is 0 Å². The quantitative estimate of drug-likeness (QED) is 0.708. The number of hydrogen-bond donors (Lipinski definition) is 2. The van der Waals surface area contributed by atoms with Crippen LogP contribution < -0.4 is 10.7 Å². The van der Waals surface area contributed by atoms with Crippen LogP contribution in [-0.2, 0) is 9.59 Å². The molecular weight excluding hydrogens is 230 g/mol. The zero-order chi connectivity index (χ0) is 13.4. The number of amides is 1. The number of carbonyl (C=O) groups is 2. The van der Waals surface area contributed by atoms with Crippen molar-refractivity contribution in [1.82, 2.24) is 15.8 Å². The molecule has 0 aromatic heterocycles. The molecule has 0 spiro atoms. The number of Topliss-reactive ketones (excluding diaryl/α,β-unsaturated/α-hetero) is 1. The highest BCUT2D eigenvalue weighted by Gasteiger charge is 2.43. The van der Waals surface area contributed by atoms with Crippen LogP contribution in [0, 0.1) is 11.8 Å². The van der Waals surface area contributed by atoms with Crippen LogP contribution in [0.25, 0.3) is 0 Å². The number of carbonyl (C=O) groups excluding carboxylic acids is 2. The van der Waals surface area contributed by atoms with Crippen molar-refractivity contribution >= 4 is 11.7 Å². The maximum atomic E-state index is 12.2. The molecule has 0 bridgehead atoms. The molecule has 0 aromatic carbocycles. The number of rotatable bonds is 4. The molecule has 2 aliphatic heterocycles. The molecule has 102 valence electrons. The Morgan fingerprint density at radius 1 is 1.50 bits per heavy atom. The minimum Gasteiger partial charge on any atom is -0.352 e. The normalized spacial score (nSPS) is 36.6. The fraction of sp³-hybridized carbons (Fsp3) is 0.846. The first kappa shape index (κ1) is 13.5. The van der Waals surface area contributed by atoms with Gasteiger partial charge in [-0.25, -0.2) is 10.4 Å². The van der Waals surface area contributed by atoms with Gasteiger partial charge in [0.25, 0.3) is 0 Å². The molecule has 2 heterocycles. The Bertz CT molecular complexity index is 346. The van der Waals surface area contributed by atoms with Gasteiger partial charge in [0.15, 0.2) is 5.78 Å². The third-order valence-corrected chi connectivity index (χ3v) is 4.19. The first-order valence-electron chi connectivity index (χ1n) is 6.72. The fourth-order valence-electron chi connectivity index (χ4n) is 2.89. The number of nitrogens with one attached hydrogen (secondary N) is 2. The van der Waals surface area contributed by atoms with Crippen LogP contribution in [0.5, 0.6) is 0 Å². The summed E-state index contributed by atoms with van der Waals surface area (Å²) in [5.74, 6) is 0.606. The third kappa shape index (κ3) is 2.42. The molecule has 0 aromatic rings. The number of hydrogen-bond acceptors (Lipinski definition) is 4. The molecule has 2 saturated heterocycles. The van der Waals surface area contributed by atoms with E-state index in [2.05, 4.69) is 17.7 Å². The molecule has 0 aliphatic carbocycles. The Morgan fingerprint density at radius 2 is 2.17 bits per heavy atom. The summed E-state index contributed by atoms with van der Waals surface area (Å²) in [5, 5.41) is 4.84.